The van der Waals surface area contributed by atoms with Gasteiger partial charge in [0.05, 0.1) is 0 Å². The third kappa shape index (κ3) is 3.36. The molecule has 1 aromatic carbocycles. The van der Waals surface area contributed by atoms with Crippen LogP contribution in [0.5, 0.6) is 11.6 Å². The van der Waals surface area contributed by atoms with Crippen LogP contribution < -0.4 is 10.1 Å². The average molecular weight is 270 g/mol. The number of benzene rings is 1. The number of hydrogen-bond acceptors (Lipinski definition) is 3. The predicted molar refractivity (Wildman–Crippen MR) is 82.4 cm³/mol. The number of ether oxygens (including phenoxy) is 1. The molecule has 2 aromatic rings. The van der Waals surface area contributed by atoms with E-state index in [4.69, 9.17) is 4.74 Å². The molecule has 0 amide bonds. The monoisotopic (exact) mass is 270 g/mol. The molecule has 106 valence electrons. The number of aromatic nitrogens is 1. The first kappa shape index (κ1) is 14.5. The maximum Gasteiger partial charge on any atom is 0.219 e. The van der Waals surface area contributed by atoms with Crippen molar-refractivity contribution < 1.29 is 4.74 Å². The summed E-state index contributed by atoms with van der Waals surface area (Å²) in [6.07, 6.45) is 0.903. The zero-order chi connectivity index (χ0) is 14.5. The number of nitrogens with zero attached hydrogens (tertiary/aromatic N) is 1. The van der Waals surface area contributed by atoms with Crippen LogP contribution in [0.25, 0.3) is 0 Å². The molecule has 20 heavy (non-hydrogen) atoms. The number of hydrogen-bond donors (Lipinski definition) is 1. The first-order valence-electron chi connectivity index (χ1n) is 7.02. The highest BCUT2D eigenvalue weighted by Crippen LogP contribution is 2.26. The molecule has 0 saturated carbocycles. The molecule has 0 spiro atoms. The molecule has 0 aliphatic heterocycles. The van der Waals surface area contributed by atoms with Gasteiger partial charge in [0.2, 0.25) is 5.88 Å². The molecule has 0 aliphatic carbocycles. The summed E-state index contributed by atoms with van der Waals surface area (Å²) in [4.78, 5) is 4.55. The normalized spacial score (nSPS) is 10.6. The van der Waals surface area contributed by atoms with Crippen LogP contribution in [0.1, 0.15) is 29.3 Å². The van der Waals surface area contributed by atoms with Crippen molar-refractivity contribution in [2.24, 2.45) is 0 Å². The van der Waals surface area contributed by atoms with Gasteiger partial charge in [-0.1, -0.05) is 19.1 Å². The summed E-state index contributed by atoms with van der Waals surface area (Å²) in [5, 5.41) is 3.16. The zero-order valence-corrected chi connectivity index (χ0v) is 12.7. The lowest BCUT2D eigenvalue weighted by atomic mass is 10.1. The fourth-order valence-corrected chi connectivity index (χ4v) is 2.11. The zero-order valence-electron chi connectivity index (χ0n) is 12.7. The standard InChI is InChI=1S/C17H22N2O/c1-5-15-9-14(11-18-4)10-17(19-15)20-16-8-6-7-12(2)13(16)3/h6-10,18H,5,11H2,1-4H3. The quantitative estimate of drug-likeness (QED) is 0.898. The SMILES string of the molecule is CCc1cc(CNC)cc(Oc2cccc(C)c2C)n1. The summed E-state index contributed by atoms with van der Waals surface area (Å²) in [5.41, 5.74) is 4.63. The van der Waals surface area contributed by atoms with E-state index in [1.54, 1.807) is 0 Å². The third-order valence-electron chi connectivity index (χ3n) is 3.43. The van der Waals surface area contributed by atoms with Crippen LogP contribution in [0.2, 0.25) is 0 Å². The number of nitrogens with one attached hydrogen (secondary N) is 1. The van der Waals surface area contributed by atoms with E-state index >= 15 is 0 Å². The van der Waals surface area contributed by atoms with Gasteiger partial charge >= 0.3 is 0 Å². The van der Waals surface area contributed by atoms with Crippen molar-refractivity contribution >= 4 is 0 Å². The topological polar surface area (TPSA) is 34.1 Å². The van der Waals surface area contributed by atoms with E-state index in [0.29, 0.717) is 5.88 Å². The van der Waals surface area contributed by atoms with E-state index in [9.17, 15) is 0 Å². The van der Waals surface area contributed by atoms with Gasteiger partial charge in [-0.25, -0.2) is 4.98 Å². The molecule has 0 radical (unpaired) electrons. The first-order valence-corrected chi connectivity index (χ1v) is 7.02. The van der Waals surface area contributed by atoms with Crippen molar-refractivity contribution in [3.05, 3.63) is 52.7 Å². The molecule has 0 aliphatic rings. The largest absolute Gasteiger partial charge is 0.439 e. The smallest absolute Gasteiger partial charge is 0.219 e. The van der Waals surface area contributed by atoms with Crippen molar-refractivity contribution in [2.75, 3.05) is 7.05 Å². The van der Waals surface area contributed by atoms with Crippen LogP contribution in [0, 0.1) is 13.8 Å². The van der Waals surface area contributed by atoms with Gasteiger partial charge in [-0.2, -0.15) is 0 Å². The molecule has 0 fully saturated rings. The summed E-state index contributed by atoms with van der Waals surface area (Å²) in [5.74, 6) is 1.55. The Morgan fingerprint density at radius 1 is 1.20 bits per heavy atom. The van der Waals surface area contributed by atoms with Crippen molar-refractivity contribution in [1.29, 1.82) is 0 Å². The summed E-state index contributed by atoms with van der Waals surface area (Å²) in [7, 11) is 1.94. The highest BCUT2D eigenvalue weighted by molar-refractivity contribution is 5.40. The molecular formula is C17H22N2O. The van der Waals surface area contributed by atoms with Crippen LogP contribution in [0.3, 0.4) is 0 Å². The van der Waals surface area contributed by atoms with Crippen molar-refractivity contribution in [1.82, 2.24) is 10.3 Å². The Hall–Kier alpha value is -1.87. The van der Waals surface area contributed by atoms with Crippen molar-refractivity contribution in [3.63, 3.8) is 0 Å². The number of rotatable bonds is 5. The Morgan fingerprint density at radius 2 is 2.00 bits per heavy atom. The molecule has 0 unspecified atom stereocenters. The summed E-state index contributed by atoms with van der Waals surface area (Å²) >= 11 is 0. The van der Waals surface area contributed by atoms with E-state index in [-0.39, 0.29) is 0 Å². The van der Waals surface area contributed by atoms with Crippen LogP contribution >= 0.6 is 0 Å². The minimum atomic E-state index is 0.670. The highest BCUT2D eigenvalue weighted by atomic mass is 16.5. The van der Waals surface area contributed by atoms with Crippen LogP contribution in [0.4, 0.5) is 0 Å². The van der Waals surface area contributed by atoms with Crippen molar-refractivity contribution in [3.8, 4) is 11.6 Å². The minimum absolute atomic E-state index is 0.670. The Bertz CT molecular complexity index is 594. The summed E-state index contributed by atoms with van der Waals surface area (Å²) < 4.78 is 5.98. The lowest BCUT2D eigenvalue weighted by molar-refractivity contribution is 0.456. The number of aryl methyl sites for hydroxylation is 2. The van der Waals surface area contributed by atoms with Gasteiger partial charge in [0.1, 0.15) is 5.75 Å². The van der Waals surface area contributed by atoms with Crippen LogP contribution in [0.15, 0.2) is 30.3 Å². The van der Waals surface area contributed by atoms with E-state index < -0.39 is 0 Å². The Labute approximate surface area is 121 Å². The molecule has 0 saturated heterocycles. The highest BCUT2D eigenvalue weighted by Gasteiger charge is 2.07. The maximum absolute atomic E-state index is 5.98. The van der Waals surface area contributed by atoms with Gasteiger partial charge in [0, 0.05) is 18.3 Å². The maximum atomic E-state index is 5.98. The van der Waals surface area contributed by atoms with Crippen LogP contribution in [-0.4, -0.2) is 12.0 Å². The van der Waals surface area contributed by atoms with Gasteiger partial charge in [-0.15, -0.1) is 0 Å². The van der Waals surface area contributed by atoms with E-state index in [0.717, 1.165) is 30.0 Å². The fraction of sp³-hybridized carbons (Fsp3) is 0.353. The Morgan fingerprint density at radius 3 is 2.70 bits per heavy atom. The van der Waals surface area contributed by atoms with Gasteiger partial charge in [0.15, 0.2) is 0 Å². The second-order valence-corrected chi connectivity index (χ2v) is 4.99. The molecule has 3 heteroatoms. The van der Waals surface area contributed by atoms with E-state index in [1.807, 2.05) is 25.2 Å². The van der Waals surface area contributed by atoms with Crippen molar-refractivity contribution in [2.45, 2.75) is 33.7 Å². The molecule has 3 nitrogen and oxygen atoms in total. The average Bonchev–Trinajstić information content (AvgIpc) is 2.44. The lowest BCUT2D eigenvalue weighted by Crippen LogP contribution is -2.06. The molecule has 0 bridgehead atoms. The minimum Gasteiger partial charge on any atom is -0.439 e. The third-order valence-corrected chi connectivity index (χ3v) is 3.43. The fourth-order valence-electron chi connectivity index (χ4n) is 2.11. The second kappa shape index (κ2) is 6.53. The van der Waals surface area contributed by atoms with E-state index in [1.165, 1.54) is 11.1 Å². The number of pyridine rings is 1. The Balaban J connectivity index is 2.32. The molecule has 0 atom stereocenters. The van der Waals surface area contributed by atoms with E-state index in [2.05, 4.69) is 43.2 Å². The van der Waals surface area contributed by atoms with Gasteiger partial charge in [-0.05, 0) is 56.1 Å². The van der Waals surface area contributed by atoms with Crippen LogP contribution in [-0.2, 0) is 13.0 Å². The first-order chi connectivity index (χ1) is 9.63. The Kier molecular flexibility index (Phi) is 4.74. The molecule has 1 N–H and O–H groups in total. The predicted octanol–water partition coefficient (Wildman–Crippen LogP) is 3.77. The lowest BCUT2D eigenvalue weighted by Gasteiger charge is -2.12. The molecule has 1 aromatic heterocycles. The molecule has 2 rings (SSSR count). The van der Waals surface area contributed by atoms with Gasteiger partial charge < -0.3 is 10.1 Å². The second-order valence-electron chi connectivity index (χ2n) is 4.99. The summed E-state index contributed by atoms with van der Waals surface area (Å²) in [6.45, 7) is 7.08. The van der Waals surface area contributed by atoms with Gasteiger partial charge in [-0.3, -0.25) is 0 Å². The summed E-state index contributed by atoms with van der Waals surface area (Å²) in [6, 6.07) is 10.2. The molecular weight excluding hydrogens is 248 g/mol. The molecule has 1 heterocycles. The van der Waals surface area contributed by atoms with Gasteiger partial charge in [0.25, 0.3) is 0 Å².